The number of urea groups is 1. The van der Waals surface area contributed by atoms with Crippen LogP contribution < -0.4 is 10.6 Å². The van der Waals surface area contributed by atoms with E-state index in [4.69, 9.17) is 5.11 Å². The lowest BCUT2D eigenvalue weighted by atomic mass is 9.93. The molecule has 3 N–H and O–H groups in total. The standard InChI is InChI=1S/C10H16N2O4/c13-8(5-2-6-9(14)15)12-10(16)11-7-3-1-4-7/h7H,1-6H2,(H,14,15)(H2,11,12,13,16). The Morgan fingerprint density at radius 1 is 1.19 bits per heavy atom. The molecule has 0 aliphatic heterocycles. The summed E-state index contributed by atoms with van der Waals surface area (Å²) in [5, 5.41) is 13.2. The van der Waals surface area contributed by atoms with Gasteiger partial charge in [0.2, 0.25) is 5.91 Å². The van der Waals surface area contributed by atoms with E-state index in [1.807, 2.05) is 0 Å². The average molecular weight is 228 g/mol. The summed E-state index contributed by atoms with van der Waals surface area (Å²) in [6, 6.07) is -0.295. The van der Waals surface area contributed by atoms with Crippen LogP contribution in [-0.4, -0.2) is 29.1 Å². The van der Waals surface area contributed by atoms with Crippen molar-refractivity contribution < 1.29 is 19.5 Å². The van der Waals surface area contributed by atoms with Crippen LogP contribution in [0, 0.1) is 0 Å². The van der Waals surface area contributed by atoms with Crippen LogP contribution in [0.15, 0.2) is 0 Å². The Hall–Kier alpha value is -1.59. The third-order valence-corrected chi connectivity index (χ3v) is 2.49. The van der Waals surface area contributed by atoms with Crippen LogP contribution in [-0.2, 0) is 9.59 Å². The number of amides is 3. The van der Waals surface area contributed by atoms with Gasteiger partial charge in [-0.25, -0.2) is 4.79 Å². The first-order chi connectivity index (χ1) is 7.58. The first-order valence-corrected chi connectivity index (χ1v) is 5.40. The van der Waals surface area contributed by atoms with Crippen LogP contribution in [0.3, 0.4) is 0 Å². The molecule has 0 unspecified atom stereocenters. The maximum absolute atomic E-state index is 11.2. The van der Waals surface area contributed by atoms with Gasteiger partial charge in [-0.3, -0.25) is 14.9 Å². The monoisotopic (exact) mass is 228 g/mol. The molecule has 1 rings (SSSR count). The maximum Gasteiger partial charge on any atom is 0.321 e. The highest BCUT2D eigenvalue weighted by Crippen LogP contribution is 2.17. The van der Waals surface area contributed by atoms with Crippen LogP contribution in [0.2, 0.25) is 0 Å². The molecule has 0 aromatic rings. The fourth-order valence-electron chi connectivity index (χ4n) is 1.36. The van der Waals surface area contributed by atoms with Crippen molar-refractivity contribution in [3.8, 4) is 0 Å². The zero-order chi connectivity index (χ0) is 12.0. The summed E-state index contributed by atoms with van der Waals surface area (Å²) in [6.07, 6.45) is 3.28. The van der Waals surface area contributed by atoms with Gasteiger partial charge in [-0.05, 0) is 25.7 Å². The molecule has 6 nitrogen and oxygen atoms in total. The number of carboxylic acids is 1. The minimum atomic E-state index is -0.938. The molecule has 3 amide bonds. The van der Waals surface area contributed by atoms with E-state index in [-0.39, 0.29) is 25.3 Å². The van der Waals surface area contributed by atoms with Crippen LogP contribution in [0.25, 0.3) is 0 Å². The second-order valence-electron chi connectivity index (χ2n) is 3.90. The fraction of sp³-hybridized carbons (Fsp3) is 0.700. The van der Waals surface area contributed by atoms with E-state index < -0.39 is 17.9 Å². The number of carbonyl (C=O) groups excluding carboxylic acids is 2. The van der Waals surface area contributed by atoms with E-state index in [0.29, 0.717) is 0 Å². The number of hydrogen-bond acceptors (Lipinski definition) is 3. The van der Waals surface area contributed by atoms with Gasteiger partial charge >= 0.3 is 12.0 Å². The van der Waals surface area contributed by atoms with E-state index in [1.54, 1.807) is 0 Å². The molecule has 0 spiro atoms. The van der Waals surface area contributed by atoms with Crippen LogP contribution in [0.5, 0.6) is 0 Å². The normalized spacial score (nSPS) is 15.0. The number of aliphatic carboxylic acids is 1. The molecule has 1 aliphatic rings. The molecule has 0 aromatic heterocycles. The maximum atomic E-state index is 11.2. The van der Waals surface area contributed by atoms with Crippen molar-refractivity contribution in [2.24, 2.45) is 0 Å². The SMILES string of the molecule is O=C(O)CCCC(=O)NC(=O)NC1CCC1. The minimum Gasteiger partial charge on any atom is -0.481 e. The minimum absolute atomic E-state index is 0.0579. The van der Waals surface area contributed by atoms with Gasteiger partial charge in [-0.1, -0.05) is 0 Å². The lowest BCUT2D eigenvalue weighted by molar-refractivity contribution is -0.137. The fourth-order valence-corrected chi connectivity index (χ4v) is 1.36. The highest BCUT2D eigenvalue weighted by molar-refractivity contribution is 5.94. The van der Waals surface area contributed by atoms with Crippen molar-refractivity contribution >= 4 is 17.9 Å². The molecule has 0 heterocycles. The molecule has 0 bridgehead atoms. The molecule has 90 valence electrons. The van der Waals surface area contributed by atoms with Gasteiger partial charge < -0.3 is 10.4 Å². The second-order valence-corrected chi connectivity index (χ2v) is 3.90. The predicted molar refractivity (Wildman–Crippen MR) is 55.8 cm³/mol. The van der Waals surface area contributed by atoms with E-state index in [9.17, 15) is 14.4 Å². The van der Waals surface area contributed by atoms with E-state index in [2.05, 4.69) is 10.6 Å². The van der Waals surface area contributed by atoms with Crippen molar-refractivity contribution in [2.75, 3.05) is 0 Å². The van der Waals surface area contributed by atoms with E-state index >= 15 is 0 Å². The van der Waals surface area contributed by atoms with E-state index in [1.165, 1.54) is 0 Å². The Kier molecular flexibility index (Phi) is 4.75. The number of imide groups is 1. The summed E-state index contributed by atoms with van der Waals surface area (Å²) in [4.78, 5) is 32.5. The zero-order valence-electron chi connectivity index (χ0n) is 8.99. The largest absolute Gasteiger partial charge is 0.481 e. The van der Waals surface area contributed by atoms with Gasteiger partial charge in [0.1, 0.15) is 0 Å². The molecular formula is C10H16N2O4. The first kappa shape index (κ1) is 12.5. The first-order valence-electron chi connectivity index (χ1n) is 5.40. The third kappa shape index (κ3) is 4.77. The van der Waals surface area contributed by atoms with Crippen LogP contribution in [0.1, 0.15) is 38.5 Å². The quantitative estimate of drug-likeness (QED) is 0.642. The van der Waals surface area contributed by atoms with Crippen molar-refractivity contribution in [2.45, 2.75) is 44.6 Å². The Morgan fingerprint density at radius 2 is 1.88 bits per heavy atom. The summed E-state index contributed by atoms with van der Waals surface area (Å²) in [7, 11) is 0. The Balaban J connectivity index is 2.07. The summed E-state index contributed by atoms with van der Waals surface area (Å²) in [5.41, 5.74) is 0. The molecule has 0 saturated heterocycles. The summed E-state index contributed by atoms with van der Waals surface area (Å²) in [5.74, 6) is -1.37. The molecule has 1 fully saturated rings. The molecule has 16 heavy (non-hydrogen) atoms. The molecule has 1 saturated carbocycles. The van der Waals surface area contributed by atoms with Crippen molar-refractivity contribution in [3.63, 3.8) is 0 Å². The molecular weight excluding hydrogens is 212 g/mol. The van der Waals surface area contributed by atoms with Gasteiger partial charge in [-0.2, -0.15) is 0 Å². The number of carboxylic acid groups (broad SMARTS) is 1. The third-order valence-electron chi connectivity index (χ3n) is 2.49. The Morgan fingerprint density at radius 3 is 2.38 bits per heavy atom. The average Bonchev–Trinajstić information content (AvgIpc) is 2.10. The summed E-state index contributed by atoms with van der Waals surface area (Å²) >= 11 is 0. The van der Waals surface area contributed by atoms with Gasteiger partial charge in [0.25, 0.3) is 0 Å². The summed E-state index contributed by atoms with van der Waals surface area (Å²) in [6.45, 7) is 0. The van der Waals surface area contributed by atoms with Crippen molar-refractivity contribution in [1.82, 2.24) is 10.6 Å². The zero-order valence-corrected chi connectivity index (χ0v) is 8.99. The lowest BCUT2D eigenvalue weighted by Gasteiger charge is -2.26. The highest BCUT2D eigenvalue weighted by atomic mass is 16.4. The Labute approximate surface area is 93.4 Å². The topological polar surface area (TPSA) is 95.5 Å². The number of hydrogen-bond donors (Lipinski definition) is 3. The Bertz CT molecular complexity index is 287. The summed E-state index contributed by atoms with van der Waals surface area (Å²) < 4.78 is 0. The smallest absolute Gasteiger partial charge is 0.321 e. The molecule has 1 aliphatic carbocycles. The number of nitrogens with one attached hydrogen (secondary N) is 2. The molecule has 0 aromatic carbocycles. The molecule has 0 radical (unpaired) electrons. The molecule has 6 heteroatoms. The van der Waals surface area contributed by atoms with Gasteiger partial charge in [0, 0.05) is 18.9 Å². The van der Waals surface area contributed by atoms with E-state index in [0.717, 1.165) is 19.3 Å². The number of carbonyl (C=O) groups is 3. The van der Waals surface area contributed by atoms with Crippen molar-refractivity contribution in [1.29, 1.82) is 0 Å². The second kappa shape index (κ2) is 6.09. The van der Waals surface area contributed by atoms with Gasteiger partial charge in [-0.15, -0.1) is 0 Å². The predicted octanol–water partition coefficient (Wildman–Crippen LogP) is 0.620. The number of rotatable bonds is 5. The van der Waals surface area contributed by atoms with Crippen molar-refractivity contribution in [3.05, 3.63) is 0 Å². The van der Waals surface area contributed by atoms with Crippen LogP contribution in [0.4, 0.5) is 4.79 Å². The van der Waals surface area contributed by atoms with Crippen LogP contribution >= 0.6 is 0 Å². The highest BCUT2D eigenvalue weighted by Gasteiger charge is 2.20. The van der Waals surface area contributed by atoms with Gasteiger partial charge in [0.05, 0.1) is 0 Å². The molecule has 0 atom stereocenters. The van der Waals surface area contributed by atoms with Gasteiger partial charge in [0.15, 0.2) is 0 Å². The lowest BCUT2D eigenvalue weighted by Crippen LogP contribution is -2.47.